The average molecular weight is 457 g/mol. The second-order valence-electron chi connectivity index (χ2n) is 8.65. The molecule has 0 atom stereocenters. The number of nitrogens with zero attached hydrogens (tertiary/aromatic N) is 1. The molecule has 0 bridgehead atoms. The van der Waals surface area contributed by atoms with E-state index in [0.29, 0.717) is 44.0 Å². The number of carboxylic acids is 1. The molecule has 1 saturated carbocycles. The minimum Gasteiger partial charge on any atom is -0.488 e. The molecule has 3 N–H and O–H groups in total. The van der Waals surface area contributed by atoms with Gasteiger partial charge in [0, 0.05) is 25.3 Å². The molecule has 1 aromatic carbocycles. The minimum atomic E-state index is -1.26. The predicted octanol–water partition coefficient (Wildman–Crippen LogP) is 3.01. The average Bonchev–Trinajstić information content (AvgIpc) is 2.81. The monoisotopic (exact) mass is 456 g/mol. The zero-order valence-electron chi connectivity index (χ0n) is 19.2. The summed E-state index contributed by atoms with van der Waals surface area (Å²) in [5, 5.41) is 21.6. The number of nitrogens with one attached hydrogen (secondary N) is 1. The van der Waals surface area contributed by atoms with Gasteiger partial charge in [0.15, 0.2) is 5.75 Å². The van der Waals surface area contributed by atoms with Crippen molar-refractivity contribution < 1.29 is 29.3 Å². The van der Waals surface area contributed by atoms with Gasteiger partial charge in [0.1, 0.15) is 5.54 Å². The molecule has 8 heteroatoms. The number of amides is 1. The van der Waals surface area contributed by atoms with E-state index >= 15 is 0 Å². The Labute approximate surface area is 193 Å². The number of pyridine rings is 1. The highest BCUT2D eigenvalue weighted by Crippen LogP contribution is 2.33. The molecule has 0 spiro atoms. The summed E-state index contributed by atoms with van der Waals surface area (Å²) in [4.78, 5) is 29.1. The highest BCUT2D eigenvalue weighted by atomic mass is 16.5. The maximum atomic E-state index is 12.9. The summed E-state index contributed by atoms with van der Waals surface area (Å²) in [6, 6.07) is 9.45. The molecule has 0 saturated heterocycles. The van der Waals surface area contributed by atoms with Gasteiger partial charge in [-0.2, -0.15) is 0 Å². The van der Waals surface area contributed by atoms with E-state index in [1.807, 2.05) is 24.3 Å². The smallest absolute Gasteiger partial charge is 0.329 e. The number of aromatic nitrogens is 1. The molecule has 33 heavy (non-hydrogen) atoms. The van der Waals surface area contributed by atoms with Crippen molar-refractivity contribution in [1.82, 2.24) is 10.3 Å². The number of aliphatic carboxylic acids is 1. The van der Waals surface area contributed by atoms with Crippen molar-refractivity contribution in [2.24, 2.45) is 5.92 Å². The molecule has 178 valence electrons. The number of carbonyl (C=O) groups is 2. The Morgan fingerprint density at radius 3 is 2.52 bits per heavy atom. The highest BCUT2D eigenvalue weighted by Gasteiger charge is 2.42. The van der Waals surface area contributed by atoms with Gasteiger partial charge >= 0.3 is 5.97 Å². The van der Waals surface area contributed by atoms with Crippen LogP contribution in [0.1, 0.15) is 54.1 Å². The summed E-state index contributed by atoms with van der Waals surface area (Å²) in [6.07, 6.45) is 4.89. The van der Waals surface area contributed by atoms with Crippen LogP contribution in [0.25, 0.3) is 0 Å². The van der Waals surface area contributed by atoms with Crippen molar-refractivity contribution in [2.45, 2.75) is 51.0 Å². The van der Waals surface area contributed by atoms with Crippen LogP contribution in [0, 0.1) is 5.92 Å². The number of methoxy groups -OCH3 is 1. The van der Waals surface area contributed by atoms with E-state index in [2.05, 4.69) is 17.2 Å². The molecule has 1 aromatic heterocycles. The molecule has 2 aromatic rings. The first-order chi connectivity index (χ1) is 15.9. The number of benzene rings is 1. The van der Waals surface area contributed by atoms with Gasteiger partial charge < -0.3 is 25.0 Å². The van der Waals surface area contributed by atoms with E-state index < -0.39 is 17.4 Å². The van der Waals surface area contributed by atoms with E-state index in [9.17, 15) is 14.7 Å². The van der Waals surface area contributed by atoms with Crippen LogP contribution >= 0.6 is 0 Å². The first-order valence-corrected chi connectivity index (χ1v) is 11.3. The third-order valence-corrected chi connectivity index (χ3v) is 6.20. The van der Waals surface area contributed by atoms with Gasteiger partial charge in [-0.1, -0.05) is 31.2 Å². The van der Waals surface area contributed by atoms with E-state index in [1.165, 1.54) is 19.4 Å². The van der Waals surface area contributed by atoms with Crippen LogP contribution in [0.3, 0.4) is 0 Å². The predicted molar refractivity (Wildman–Crippen MR) is 123 cm³/mol. The SMILES string of the molecule is COc1ncc(C(=O)NC2(C(=O)O)CCC(C)CC2)cc1OCCc1cccc(CCO)c1. The fourth-order valence-electron chi connectivity index (χ4n) is 4.10. The van der Waals surface area contributed by atoms with Crippen molar-refractivity contribution in [3.05, 3.63) is 53.2 Å². The number of rotatable bonds is 10. The lowest BCUT2D eigenvalue weighted by atomic mass is 9.77. The molecule has 1 heterocycles. The quantitative estimate of drug-likeness (QED) is 0.503. The fourth-order valence-corrected chi connectivity index (χ4v) is 4.10. The first kappa shape index (κ1) is 24.5. The normalized spacial score (nSPS) is 20.2. The van der Waals surface area contributed by atoms with Crippen molar-refractivity contribution >= 4 is 11.9 Å². The molecule has 0 aliphatic heterocycles. The van der Waals surface area contributed by atoms with Gasteiger partial charge in [-0.25, -0.2) is 9.78 Å². The second-order valence-corrected chi connectivity index (χ2v) is 8.65. The Morgan fingerprint density at radius 1 is 1.18 bits per heavy atom. The Hall–Kier alpha value is -3.13. The Balaban J connectivity index is 1.69. The van der Waals surface area contributed by atoms with Crippen LogP contribution in [-0.2, 0) is 17.6 Å². The molecule has 1 fully saturated rings. The standard InChI is InChI=1S/C25H32N2O6/c1-17-6-10-25(11-7-17,24(30)31)27-22(29)20-15-21(23(32-2)26-16-20)33-13-9-19-5-3-4-18(14-19)8-12-28/h3-5,14-17,28H,6-13H2,1-2H3,(H,27,29)(H,30,31). The van der Waals surface area contributed by atoms with Gasteiger partial charge in [-0.05, 0) is 49.1 Å². The molecule has 8 nitrogen and oxygen atoms in total. The van der Waals surface area contributed by atoms with Crippen molar-refractivity contribution in [3.63, 3.8) is 0 Å². The van der Waals surface area contributed by atoms with Crippen molar-refractivity contribution in [3.8, 4) is 11.6 Å². The second kappa shape index (κ2) is 11.1. The summed E-state index contributed by atoms with van der Waals surface area (Å²) in [7, 11) is 1.47. The Kier molecular flexibility index (Phi) is 8.27. The summed E-state index contributed by atoms with van der Waals surface area (Å²) < 4.78 is 11.1. The number of aliphatic hydroxyl groups is 1. The number of aliphatic hydroxyl groups excluding tert-OH is 1. The van der Waals surface area contributed by atoms with Gasteiger partial charge in [0.05, 0.1) is 19.3 Å². The molecule has 1 aliphatic rings. The van der Waals surface area contributed by atoms with Crippen LogP contribution in [0.15, 0.2) is 36.5 Å². The first-order valence-electron chi connectivity index (χ1n) is 11.3. The lowest BCUT2D eigenvalue weighted by molar-refractivity contribution is -0.146. The molecule has 1 amide bonds. The molecular weight excluding hydrogens is 424 g/mol. The summed E-state index contributed by atoms with van der Waals surface area (Å²) in [5.74, 6) is -0.493. The van der Waals surface area contributed by atoms with E-state index in [-0.39, 0.29) is 18.1 Å². The number of hydrogen-bond acceptors (Lipinski definition) is 6. The van der Waals surface area contributed by atoms with Crippen LogP contribution in [-0.4, -0.2) is 52.9 Å². The molecule has 3 rings (SSSR count). The van der Waals surface area contributed by atoms with E-state index in [4.69, 9.17) is 14.6 Å². The van der Waals surface area contributed by atoms with Crippen molar-refractivity contribution in [1.29, 1.82) is 0 Å². The highest BCUT2D eigenvalue weighted by molar-refractivity contribution is 5.98. The summed E-state index contributed by atoms with van der Waals surface area (Å²) in [6.45, 7) is 2.52. The third-order valence-electron chi connectivity index (χ3n) is 6.20. The van der Waals surface area contributed by atoms with Gasteiger partial charge in [0.25, 0.3) is 11.8 Å². The van der Waals surface area contributed by atoms with Crippen LogP contribution in [0.4, 0.5) is 0 Å². The number of carbonyl (C=O) groups excluding carboxylic acids is 1. The summed E-state index contributed by atoms with van der Waals surface area (Å²) >= 11 is 0. The maximum absolute atomic E-state index is 12.9. The maximum Gasteiger partial charge on any atom is 0.329 e. The van der Waals surface area contributed by atoms with Crippen LogP contribution in [0.2, 0.25) is 0 Å². The Morgan fingerprint density at radius 2 is 1.88 bits per heavy atom. The minimum absolute atomic E-state index is 0.0971. The number of carboxylic acid groups (broad SMARTS) is 1. The van der Waals surface area contributed by atoms with Crippen molar-refractivity contribution in [2.75, 3.05) is 20.3 Å². The Bertz CT molecular complexity index is 969. The molecule has 0 unspecified atom stereocenters. The zero-order chi connectivity index (χ0) is 23.8. The van der Waals surface area contributed by atoms with Crippen LogP contribution < -0.4 is 14.8 Å². The lowest BCUT2D eigenvalue weighted by Crippen LogP contribution is -2.56. The lowest BCUT2D eigenvalue weighted by Gasteiger charge is -2.36. The fraction of sp³-hybridized carbons (Fsp3) is 0.480. The topological polar surface area (TPSA) is 118 Å². The van der Waals surface area contributed by atoms with Gasteiger partial charge in [-0.15, -0.1) is 0 Å². The zero-order valence-corrected chi connectivity index (χ0v) is 19.2. The van der Waals surface area contributed by atoms with Gasteiger partial charge in [-0.3, -0.25) is 4.79 Å². The summed E-state index contributed by atoms with van der Waals surface area (Å²) in [5.41, 5.74) is 1.08. The molecular formula is C25H32N2O6. The largest absolute Gasteiger partial charge is 0.488 e. The van der Waals surface area contributed by atoms with Gasteiger partial charge in [0.2, 0.25) is 0 Å². The van der Waals surface area contributed by atoms with E-state index in [0.717, 1.165) is 24.0 Å². The number of ether oxygens (including phenoxy) is 2. The molecule has 0 radical (unpaired) electrons. The molecule has 1 aliphatic carbocycles. The number of hydrogen-bond donors (Lipinski definition) is 3. The van der Waals surface area contributed by atoms with E-state index in [1.54, 1.807) is 0 Å². The third kappa shape index (κ3) is 6.22. The van der Waals surface area contributed by atoms with Crippen LogP contribution in [0.5, 0.6) is 11.6 Å².